The van der Waals surface area contributed by atoms with Crippen LogP contribution in [-0.4, -0.2) is 67.7 Å². The van der Waals surface area contributed by atoms with E-state index in [1.165, 1.54) is 0 Å². The number of aryl methyl sites for hydroxylation is 1. The van der Waals surface area contributed by atoms with E-state index in [9.17, 15) is 0 Å². The number of rotatable bonds is 6. The van der Waals surface area contributed by atoms with E-state index in [2.05, 4.69) is 38.5 Å². The van der Waals surface area contributed by atoms with E-state index in [0.717, 1.165) is 30.7 Å². The Bertz CT molecular complexity index is 874. The number of aliphatic hydroxyl groups is 1. The standard InChI is InChI=1S/C14H17ClN6O2.C4H11NOS.C2H2/c1-21-6-8(4-17-21)18-14-16-5-9(15)13(20-14)19-10-7-23-11-2-3-22-12(10)11;1-4(2,6)3-7-5;1-2/h4-6,10-12H,2-3,7H2,1H3,(H2,16,18,19,20);6H,3,5H2,1-2H3;1-2H. The second kappa shape index (κ2) is 12.2. The Labute approximate surface area is 197 Å². The predicted octanol–water partition coefficient (Wildman–Crippen LogP) is 2.19. The fourth-order valence-electron chi connectivity index (χ4n) is 3.11. The molecule has 176 valence electrons. The second-order valence-corrected chi connectivity index (χ2v) is 8.82. The molecule has 2 fully saturated rings. The number of nitrogens with one attached hydrogen (secondary N) is 2. The van der Waals surface area contributed by atoms with Gasteiger partial charge in [0, 0.05) is 25.6 Å². The molecule has 10 nitrogen and oxygen atoms in total. The zero-order chi connectivity index (χ0) is 23.7. The van der Waals surface area contributed by atoms with Gasteiger partial charge in [-0.05, 0) is 20.3 Å². The van der Waals surface area contributed by atoms with Crippen molar-refractivity contribution in [3.8, 4) is 12.8 Å². The van der Waals surface area contributed by atoms with Crippen molar-refractivity contribution in [1.29, 1.82) is 0 Å². The Kier molecular flexibility index (Phi) is 10.0. The quantitative estimate of drug-likeness (QED) is 0.358. The third-order valence-electron chi connectivity index (χ3n) is 4.43. The highest BCUT2D eigenvalue weighted by Gasteiger charge is 2.42. The zero-order valence-electron chi connectivity index (χ0n) is 18.4. The number of aromatic nitrogens is 4. The first-order valence-corrected chi connectivity index (χ1v) is 11.3. The minimum Gasteiger partial charge on any atom is -0.390 e. The van der Waals surface area contributed by atoms with Gasteiger partial charge in [0.05, 0.1) is 42.4 Å². The molecule has 0 spiro atoms. The van der Waals surface area contributed by atoms with Crippen LogP contribution >= 0.6 is 23.5 Å². The second-order valence-electron chi connectivity index (χ2n) is 7.79. The highest BCUT2D eigenvalue weighted by atomic mass is 35.5. The van der Waals surface area contributed by atoms with E-state index in [4.69, 9.17) is 31.3 Å². The van der Waals surface area contributed by atoms with Crippen LogP contribution in [0.25, 0.3) is 0 Å². The molecule has 0 amide bonds. The van der Waals surface area contributed by atoms with Crippen LogP contribution in [0.3, 0.4) is 0 Å². The van der Waals surface area contributed by atoms with Crippen LogP contribution in [0.1, 0.15) is 20.3 Å². The molecule has 0 saturated carbocycles. The summed E-state index contributed by atoms with van der Waals surface area (Å²) in [7, 11) is 1.85. The van der Waals surface area contributed by atoms with Gasteiger partial charge in [-0.15, -0.1) is 12.8 Å². The largest absolute Gasteiger partial charge is 0.390 e. The lowest BCUT2D eigenvalue weighted by Gasteiger charge is -2.19. The molecule has 3 atom stereocenters. The van der Waals surface area contributed by atoms with Gasteiger partial charge in [0.25, 0.3) is 0 Å². The molecule has 0 bridgehead atoms. The molecule has 0 radical (unpaired) electrons. The smallest absolute Gasteiger partial charge is 0.229 e. The number of nitrogens with two attached hydrogens (primary N) is 1. The SMILES string of the molecule is C#C.CC(C)(O)CSN.Cn1cc(Nc2ncc(Cl)c(NC3COC4CCOC34)n2)cn1. The Hall–Kier alpha value is -2.07. The Morgan fingerprint density at radius 2 is 2.12 bits per heavy atom. The highest BCUT2D eigenvalue weighted by molar-refractivity contribution is 7.97. The zero-order valence-corrected chi connectivity index (χ0v) is 19.9. The maximum Gasteiger partial charge on any atom is 0.229 e. The average molecular weight is 484 g/mol. The van der Waals surface area contributed by atoms with Gasteiger partial charge in [0.1, 0.15) is 11.1 Å². The maximum absolute atomic E-state index is 8.92. The molecule has 2 saturated heterocycles. The molecule has 2 aromatic rings. The highest BCUT2D eigenvalue weighted by Crippen LogP contribution is 2.30. The number of terminal acetylenes is 1. The normalized spacial score (nSPS) is 21.6. The number of anilines is 3. The monoisotopic (exact) mass is 483 g/mol. The van der Waals surface area contributed by atoms with Gasteiger partial charge >= 0.3 is 0 Å². The van der Waals surface area contributed by atoms with Crippen molar-refractivity contribution < 1.29 is 14.6 Å². The number of nitrogens with zero attached hydrogens (tertiary/aromatic N) is 4. The summed E-state index contributed by atoms with van der Waals surface area (Å²) in [5, 5.41) is 25.0. The predicted molar refractivity (Wildman–Crippen MR) is 128 cm³/mol. The molecule has 5 N–H and O–H groups in total. The minimum atomic E-state index is -0.612. The lowest BCUT2D eigenvalue weighted by atomic mass is 10.1. The van der Waals surface area contributed by atoms with Crippen molar-refractivity contribution in [1.82, 2.24) is 19.7 Å². The van der Waals surface area contributed by atoms with Crippen molar-refractivity contribution >= 4 is 41.0 Å². The van der Waals surface area contributed by atoms with E-state index < -0.39 is 5.60 Å². The molecular formula is C20H30ClN7O3S. The van der Waals surface area contributed by atoms with E-state index in [0.29, 0.717) is 29.1 Å². The fourth-order valence-corrected chi connectivity index (χ4v) is 3.67. The Balaban J connectivity index is 0.000000348. The van der Waals surface area contributed by atoms with Gasteiger partial charge in [0.2, 0.25) is 5.95 Å². The lowest BCUT2D eigenvalue weighted by molar-refractivity contribution is 0.0718. The molecular weight excluding hydrogens is 454 g/mol. The average Bonchev–Trinajstić information content (AvgIpc) is 3.45. The first kappa shape index (κ1) is 26.2. The van der Waals surface area contributed by atoms with Crippen LogP contribution in [-0.2, 0) is 16.5 Å². The molecule has 2 aliphatic heterocycles. The number of ether oxygens (including phenoxy) is 2. The van der Waals surface area contributed by atoms with E-state index in [1.807, 2.05) is 13.2 Å². The summed E-state index contributed by atoms with van der Waals surface area (Å²) in [5.74, 6) is 1.61. The van der Waals surface area contributed by atoms with Gasteiger partial charge < -0.3 is 25.2 Å². The molecule has 32 heavy (non-hydrogen) atoms. The van der Waals surface area contributed by atoms with Crippen molar-refractivity contribution in [3.05, 3.63) is 23.6 Å². The van der Waals surface area contributed by atoms with Crippen molar-refractivity contribution in [2.24, 2.45) is 12.2 Å². The van der Waals surface area contributed by atoms with Crippen molar-refractivity contribution in [2.45, 2.75) is 44.1 Å². The summed E-state index contributed by atoms with van der Waals surface area (Å²) in [6, 6.07) is 0.0427. The van der Waals surface area contributed by atoms with Crippen molar-refractivity contribution in [3.63, 3.8) is 0 Å². The van der Waals surface area contributed by atoms with E-state index in [-0.39, 0.29) is 18.2 Å². The summed E-state index contributed by atoms with van der Waals surface area (Å²) < 4.78 is 13.2. The molecule has 3 unspecified atom stereocenters. The summed E-state index contributed by atoms with van der Waals surface area (Å²) in [5.41, 5.74) is 0.198. The van der Waals surface area contributed by atoms with Gasteiger partial charge in [-0.1, -0.05) is 23.5 Å². The van der Waals surface area contributed by atoms with Crippen LogP contribution in [0, 0.1) is 12.8 Å². The number of halogens is 1. The Morgan fingerprint density at radius 1 is 1.38 bits per heavy atom. The minimum absolute atomic E-state index is 0.0427. The molecule has 2 aliphatic rings. The topological polar surface area (TPSA) is 132 Å². The van der Waals surface area contributed by atoms with E-state index in [1.54, 1.807) is 30.9 Å². The molecule has 0 aromatic carbocycles. The van der Waals surface area contributed by atoms with Gasteiger partial charge in [-0.2, -0.15) is 10.1 Å². The number of hydrogen-bond acceptors (Lipinski definition) is 10. The Morgan fingerprint density at radius 3 is 2.72 bits per heavy atom. The lowest BCUT2D eigenvalue weighted by Crippen LogP contribution is -2.34. The van der Waals surface area contributed by atoms with Crippen LogP contribution in [0.2, 0.25) is 5.02 Å². The fraction of sp³-hybridized carbons (Fsp3) is 0.550. The number of fused-ring (bicyclic) bond motifs is 1. The molecule has 12 heteroatoms. The summed E-state index contributed by atoms with van der Waals surface area (Å²) in [6.07, 6.45) is 14.3. The van der Waals surface area contributed by atoms with Gasteiger partial charge in [0.15, 0.2) is 5.82 Å². The van der Waals surface area contributed by atoms with Crippen LogP contribution in [0.15, 0.2) is 18.6 Å². The summed E-state index contributed by atoms with van der Waals surface area (Å²) >= 11 is 7.37. The first-order chi connectivity index (χ1) is 15.2. The van der Waals surface area contributed by atoms with Crippen LogP contribution in [0.5, 0.6) is 0 Å². The van der Waals surface area contributed by atoms with Gasteiger partial charge in [-0.25, -0.2) is 4.98 Å². The molecule has 0 aliphatic carbocycles. The summed E-state index contributed by atoms with van der Waals surface area (Å²) in [4.78, 5) is 8.63. The third-order valence-corrected chi connectivity index (χ3v) is 5.58. The summed E-state index contributed by atoms with van der Waals surface area (Å²) in [6.45, 7) is 4.78. The maximum atomic E-state index is 8.92. The first-order valence-electron chi connectivity index (χ1n) is 9.90. The molecule has 4 heterocycles. The molecule has 2 aromatic heterocycles. The van der Waals surface area contributed by atoms with Gasteiger partial charge in [-0.3, -0.25) is 9.82 Å². The number of hydrogen-bond donors (Lipinski definition) is 4. The van der Waals surface area contributed by atoms with Crippen LogP contribution < -0.4 is 15.8 Å². The third kappa shape index (κ3) is 7.81. The van der Waals surface area contributed by atoms with Crippen LogP contribution in [0.4, 0.5) is 17.5 Å². The van der Waals surface area contributed by atoms with Crippen molar-refractivity contribution in [2.75, 3.05) is 29.6 Å². The van der Waals surface area contributed by atoms with E-state index >= 15 is 0 Å². The molecule has 4 rings (SSSR count).